The molecule has 1 saturated carbocycles. The Morgan fingerprint density at radius 3 is 2.43 bits per heavy atom. The molecule has 0 aromatic heterocycles. The minimum atomic E-state index is -3.32. The minimum Gasteiger partial charge on any atom is -0.381 e. The summed E-state index contributed by atoms with van der Waals surface area (Å²) in [7, 11) is -3.32. The van der Waals surface area contributed by atoms with Crippen LogP contribution in [0.15, 0.2) is 0 Å². The summed E-state index contributed by atoms with van der Waals surface area (Å²) in [6, 6.07) is -0.588. The summed E-state index contributed by atoms with van der Waals surface area (Å²) >= 11 is 0. The third-order valence-electron chi connectivity index (χ3n) is 4.56. The zero-order chi connectivity index (χ0) is 16.0. The summed E-state index contributed by atoms with van der Waals surface area (Å²) < 4.78 is 31.5. The van der Waals surface area contributed by atoms with Crippen molar-refractivity contribution in [2.24, 2.45) is 17.6 Å². The van der Waals surface area contributed by atoms with Gasteiger partial charge in [-0.1, -0.05) is 6.42 Å². The molecule has 23 heavy (non-hydrogen) atoms. The molecule has 2 fully saturated rings. The summed E-state index contributed by atoms with van der Waals surface area (Å²) in [5, 5.41) is 2.63. The van der Waals surface area contributed by atoms with Crippen molar-refractivity contribution in [1.29, 1.82) is 0 Å². The van der Waals surface area contributed by atoms with Crippen LogP contribution in [0.4, 0.5) is 0 Å². The molecule has 136 valence electrons. The number of hydrogen-bond acceptors (Lipinski definition) is 5. The van der Waals surface area contributed by atoms with E-state index in [2.05, 4.69) is 10.0 Å². The van der Waals surface area contributed by atoms with Crippen molar-refractivity contribution >= 4 is 28.3 Å². The highest BCUT2D eigenvalue weighted by atomic mass is 35.5. The van der Waals surface area contributed by atoms with E-state index in [0.29, 0.717) is 25.7 Å². The largest absolute Gasteiger partial charge is 0.381 e. The third kappa shape index (κ3) is 6.93. The van der Waals surface area contributed by atoms with Crippen LogP contribution in [0.1, 0.15) is 32.1 Å². The van der Waals surface area contributed by atoms with Gasteiger partial charge in [0.2, 0.25) is 15.9 Å². The van der Waals surface area contributed by atoms with Crippen molar-refractivity contribution in [3.8, 4) is 0 Å². The zero-order valence-electron chi connectivity index (χ0n) is 13.3. The molecule has 0 bridgehead atoms. The van der Waals surface area contributed by atoms with E-state index in [1.165, 1.54) is 6.42 Å². The normalized spacial score (nSPS) is 21.1. The second kappa shape index (κ2) is 9.78. The molecule has 1 amide bonds. The van der Waals surface area contributed by atoms with Gasteiger partial charge in [-0.05, 0) is 37.5 Å². The van der Waals surface area contributed by atoms with Crippen molar-refractivity contribution in [2.75, 3.05) is 32.1 Å². The van der Waals surface area contributed by atoms with E-state index in [0.717, 1.165) is 25.7 Å². The molecule has 0 aromatic rings. The van der Waals surface area contributed by atoms with Gasteiger partial charge in [0.1, 0.15) is 0 Å². The number of sulfonamides is 1. The molecule has 0 spiro atoms. The van der Waals surface area contributed by atoms with Crippen molar-refractivity contribution in [2.45, 2.75) is 38.1 Å². The SMILES string of the molecule is Cl.NC(C(=O)NCCS(=O)(=O)NCC1CCC1)C1CCOCC1. The first kappa shape index (κ1) is 20.6. The number of halogens is 1. The van der Waals surface area contributed by atoms with Crippen molar-refractivity contribution in [3.05, 3.63) is 0 Å². The Hall–Kier alpha value is -0.410. The molecule has 1 unspecified atom stereocenters. The fourth-order valence-electron chi connectivity index (χ4n) is 2.73. The van der Waals surface area contributed by atoms with Gasteiger partial charge < -0.3 is 15.8 Å². The Balaban J connectivity index is 0.00000264. The van der Waals surface area contributed by atoms with Crippen LogP contribution in [0.2, 0.25) is 0 Å². The lowest BCUT2D eigenvalue weighted by Crippen LogP contribution is -2.48. The first-order chi connectivity index (χ1) is 10.5. The van der Waals surface area contributed by atoms with E-state index in [-0.39, 0.29) is 36.5 Å². The zero-order valence-corrected chi connectivity index (χ0v) is 15.0. The van der Waals surface area contributed by atoms with Gasteiger partial charge in [0, 0.05) is 26.3 Å². The monoisotopic (exact) mass is 369 g/mol. The summed E-state index contributed by atoms with van der Waals surface area (Å²) in [5.74, 6) is 0.209. The Kier molecular flexibility index (Phi) is 8.78. The fraction of sp³-hybridized carbons (Fsp3) is 0.929. The van der Waals surface area contributed by atoms with Crippen molar-refractivity contribution in [1.82, 2.24) is 10.0 Å². The van der Waals surface area contributed by atoms with Crippen LogP contribution in [-0.4, -0.2) is 52.4 Å². The van der Waals surface area contributed by atoms with E-state index in [1.54, 1.807) is 0 Å². The van der Waals surface area contributed by atoms with Crippen LogP contribution >= 0.6 is 12.4 Å². The molecule has 1 aliphatic carbocycles. The number of ether oxygens (including phenoxy) is 1. The second-order valence-corrected chi connectivity index (χ2v) is 8.16. The van der Waals surface area contributed by atoms with Crippen LogP contribution in [0.5, 0.6) is 0 Å². The molecule has 1 heterocycles. The topological polar surface area (TPSA) is 111 Å². The highest BCUT2D eigenvalue weighted by Gasteiger charge is 2.26. The number of rotatable bonds is 8. The van der Waals surface area contributed by atoms with Crippen molar-refractivity contribution < 1.29 is 17.9 Å². The molecule has 1 saturated heterocycles. The Labute approximate surface area is 144 Å². The maximum absolute atomic E-state index is 12.0. The third-order valence-corrected chi connectivity index (χ3v) is 5.91. The molecule has 4 N–H and O–H groups in total. The smallest absolute Gasteiger partial charge is 0.237 e. The average Bonchev–Trinajstić information content (AvgIpc) is 2.45. The Morgan fingerprint density at radius 2 is 1.87 bits per heavy atom. The van der Waals surface area contributed by atoms with Crippen LogP contribution in [-0.2, 0) is 19.6 Å². The first-order valence-corrected chi connectivity index (χ1v) is 9.71. The fourth-order valence-corrected chi connectivity index (χ4v) is 3.73. The number of amides is 1. The van der Waals surface area contributed by atoms with E-state index in [9.17, 15) is 13.2 Å². The molecule has 7 nitrogen and oxygen atoms in total. The summed E-state index contributed by atoms with van der Waals surface area (Å²) in [6.07, 6.45) is 4.93. The van der Waals surface area contributed by atoms with Gasteiger partial charge in [-0.2, -0.15) is 0 Å². The molecule has 0 aromatic carbocycles. The van der Waals surface area contributed by atoms with Gasteiger partial charge in [-0.25, -0.2) is 13.1 Å². The average molecular weight is 370 g/mol. The lowest BCUT2D eigenvalue weighted by atomic mass is 9.86. The molecule has 1 atom stereocenters. The van der Waals surface area contributed by atoms with Gasteiger partial charge in [0.05, 0.1) is 11.8 Å². The molecular weight excluding hydrogens is 342 g/mol. The van der Waals surface area contributed by atoms with Crippen LogP contribution in [0.25, 0.3) is 0 Å². The lowest BCUT2D eigenvalue weighted by molar-refractivity contribution is -0.124. The standard InChI is InChI=1S/C14H27N3O4S.ClH/c15-13(12-4-7-21-8-5-12)14(18)16-6-9-22(19,20)17-10-11-2-1-3-11;/h11-13,17H,1-10,15H2,(H,16,18);1H. The van der Waals surface area contributed by atoms with Crippen LogP contribution in [0, 0.1) is 11.8 Å². The maximum Gasteiger partial charge on any atom is 0.237 e. The van der Waals surface area contributed by atoms with Gasteiger partial charge in [0.25, 0.3) is 0 Å². The highest BCUT2D eigenvalue weighted by molar-refractivity contribution is 7.89. The second-order valence-electron chi connectivity index (χ2n) is 6.23. The number of carbonyl (C=O) groups excluding carboxylic acids is 1. The predicted molar refractivity (Wildman–Crippen MR) is 90.9 cm³/mol. The number of nitrogens with one attached hydrogen (secondary N) is 2. The summed E-state index contributed by atoms with van der Waals surface area (Å²) in [6.45, 7) is 1.86. The molecule has 2 aliphatic rings. The lowest BCUT2D eigenvalue weighted by Gasteiger charge is -2.27. The van der Waals surface area contributed by atoms with E-state index in [1.807, 2.05) is 0 Å². The number of carbonyl (C=O) groups is 1. The van der Waals surface area contributed by atoms with Gasteiger partial charge >= 0.3 is 0 Å². The van der Waals surface area contributed by atoms with Crippen molar-refractivity contribution in [3.63, 3.8) is 0 Å². The van der Waals surface area contributed by atoms with Crippen LogP contribution < -0.4 is 15.8 Å². The summed E-state index contributed by atoms with van der Waals surface area (Å²) in [5.41, 5.74) is 5.93. The van der Waals surface area contributed by atoms with Gasteiger partial charge in [-0.3, -0.25) is 4.79 Å². The molecule has 2 rings (SSSR count). The number of nitrogens with two attached hydrogens (primary N) is 1. The van der Waals surface area contributed by atoms with E-state index < -0.39 is 16.1 Å². The van der Waals surface area contributed by atoms with Gasteiger partial charge in [-0.15, -0.1) is 12.4 Å². The highest BCUT2D eigenvalue weighted by Crippen LogP contribution is 2.25. The molecule has 9 heteroatoms. The Morgan fingerprint density at radius 1 is 1.22 bits per heavy atom. The maximum atomic E-state index is 12.0. The molecular formula is C14H28ClN3O4S. The number of hydrogen-bond donors (Lipinski definition) is 3. The predicted octanol–water partition coefficient (Wildman–Crippen LogP) is -0.00220. The van der Waals surface area contributed by atoms with E-state index in [4.69, 9.17) is 10.5 Å². The minimum absolute atomic E-state index is 0. The van der Waals surface area contributed by atoms with E-state index >= 15 is 0 Å². The summed E-state index contributed by atoms with van der Waals surface area (Å²) in [4.78, 5) is 12.0. The molecule has 1 aliphatic heterocycles. The first-order valence-electron chi connectivity index (χ1n) is 8.06. The molecule has 0 radical (unpaired) electrons. The quantitative estimate of drug-likeness (QED) is 0.557. The Bertz CT molecular complexity index is 465. The van der Waals surface area contributed by atoms with Crippen LogP contribution in [0.3, 0.4) is 0 Å². The van der Waals surface area contributed by atoms with Gasteiger partial charge in [0.15, 0.2) is 0 Å².